The summed E-state index contributed by atoms with van der Waals surface area (Å²) < 4.78 is 13.7. The lowest BCUT2D eigenvalue weighted by Crippen LogP contribution is -2.40. The van der Waals surface area contributed by atoms with E-state index in [0.29, 0.717) is 25.3 Å². The molecule has 2 aromatic rings. The van der Waals surface area contributed by atoms with Crippen molar-refractivity contribution < 1.29 is 18.8 Å². The van der Waals surface area contributed by atoms with Gasteiger partial charge in [-0.1, -0.05) is 103 Å². The van der Waals surface area contributed by atoms with Gasteiger partial charge in [-0.2, -0.15) is 0 Å². The van der Waals surface area contributed by atoms with Crippen LogP contribution in [0.5, 0.6) is 11.5 Å². The summed E-state index contributed by atoms with van der Waals surface area (Å²) in [5.41, 5.74) is 2.01. The summed E-state index contributed by atoms with van der Waals surface area (Å²) in [5.74, 6) is 1.43. The first-order chi connectivity index (χ1) is 18.7. The number of carbonyl (C=O) groups is 1. The van der Waals surface area contributed by atoms with E-state index in [4.69, 9.17) is 9.47 Å². The van der Waals surface area contributed by atoms with Crippen LogP contribution in [0.1, 0.15) is 115 Å². The highest BCUT2D eigenvalue weighted by molar-refractivity contribution is 5.78. The van der Waals surface area contributed by atoms with Crippen LogP contribution in [0.25, 0.3) is 0 Å². The minimum Gasteiger partial charge on any atom is -0.493 e. The molecule has 0 aliphatic rings. The maximum Gasteiger partial charge on any atom is 0.224 e. The normalized spacial score (nSPS) is 10.9. The Hall–Kier alpha value is -2.56. The average molecular weight is 526 g/mol. The van der Waals surface area contributed by atoms with Crippen molar-refractivity contribution in [3.63, 3.8) is 0 Å². The molecule has 0 radical (unpaired) electrons. The number of nitrogens with one attached hydrogen (secondary N) is 1. The fourth-order valence-corrected chi connectivity index (χ4v) is 4.84. The van der Waals surface area contributed by atoms with Crippen molar-refractivity contribution in [2.24, 2.45) is 0 Å². The van der Waals surface area contributed by atoms with Crippen LogP contribution >= 0.6 is 0 Å². The van der Waals surface area contributed by atoms with Gasteiger partial charge in [-0.15, -0.1) is 0 Å². The lowest BCUT2D eigenvalue weighted by Gasteiger charge is -2.12. The molecule has 1 aromatic carbocycles. The van der Waals surface area contributed by atoms with Crippen LogP contribution in [-0.4, -0.2) is 19.6 Å². The monoisotopic (exact) mass is 525 g/mol. The lowest BCUT2D eigenvalue weighted by molar-refractivity contribution is -0.701. The molecular weight excluding hydrogens is 472 g/mol. The number of nitrogens with zero attached hydrogens (tertiary/aromatic N) is 1. The van der Waals surface area contributed by atoms with Gasteiger partial charge in [-0.25, -0.2) is 4.57 Å². The van der Waals surface area contributed by atoms with Crippen LogP contribution in [0.2, 0.25) is 0 Å². The molecule has 0 unspecified atom stereocenters. The summed E-state index contributed by atoms with van der Waals surface area (Å²) in [4.78, 5) is 12.5. The third kappa shape index (κ3) is 13.3. The number of pyridine rings is 1. The molecule has 0 atom stereocenters. The minimum atomic E-state index is -0.00497. The summed E-state index contributed by atoms with van der Waals surface area (Å²) in [7, 11) is 1.65. The SMILES string of the molecule is CCCCCCCCCCCCCCCCOc1ccc(CC(=O)NCc2cccc[n+]2CC)cc1OC. The van der Waals surface area contributed by atoms with E-state index in [1.165, 1.54) is 83.5 Å². The zero-order valence-electron chi connectivity index (χ0n) is 24.4. The maximum absolute atomic E-state index is 12.5. The Balaban J connectivity index is 1.56. The summed E-state index contributed by atoms with van der Waals surface area (Å²) in [6, 6.07) is 11.8. The van der Waals surface area contributed by atoms with Crippen molar-refractivity contribution in [2.75, 3.05) is 13.7 Å². The number of amides is 1. The number of ether oxygens (including phenoxy) is 2. The Morgan fingerprint density at radius 2 is 1.42 bits per heavy atom. The number of carbonyl (C=O) groups excluding carboxylic acids is 1. The molecule has 0 saturated carbocycles. The van der Waals surface area contributed by atoms with Crippen molar-refractivity contribution in [3.05, 3.63) is 53.9 Å². The van der Waals surface area contributed by atoms with E-state index in [0.717, 1.165) is 30.0 Å². The number of methoxy groups -OCH3 is 1. The van der Waals surface area contributed by atoms with Crippen LogP contribution in [0.15, 0.2) is 42.6 Å². The standard InChI is InChI=1S/C33H52N2O3/c1-4-6-7-8-9-10-11-12-13-14-15-16-17-20-25-38-31-23-22-29(26-32(31)37-3)27-33(36)34-28-30-21-18-19-24-35(30)5-2/h18-19,21-24,26H,4-17,20,25,27-28H2,1-3H3/p+1. The Labute approximate surface area is 232 Å². The van der Waals surface area contributed by atoms with Crippen molar-refractivity contribution in [3.8, 4) is 11.5 Å². The van der Waals surface area contributed by atoms with Crippen LogP contribution < -0.4 is 19.4 Å². The van der Waals surface area contributed by atoms with E-state index in [-0.39, 0.29) is 5.91 Å². The van der Waals surface area contributed by atoms with E-state index in [1.54, 1.807) is 7.11 Å². The molecule has 38 heavy (non-hydrogen) atoms. The minimum absolute atomic E-state index is 0.00497. The van der Waals surface area contributed by atoms with Gasteiger partial charge in [0.1, 0.15) is 13.1 Å². The van der Waals surface area contributed by atoms with E-state index >= 15 is 0 Å². The smallest absolute Gasteiger partial charge is 0.224 e. The number of hydrogen-bond donors (Lipinski definition) is 1. The number of benzene rings is 1. The third-order valence-electron chi connectivity index (χ3n) is 7.19. The topological polar surface area (TPSA) is 51.4 Å². The fraction of sp³-hybridized carbons (Fsp3) is 0.636. The van der Waals surface area contributed by atoms with Crippen LogP contribution in [0.3, 0.4) is 0 Å². The molecule has 0 aliphatic carbocycles. The first-order valence-corrected chi connectivity index (χ1v) is 15.2. The first kappa shape index (κ1) is 31.7. The predicted octanol–water partition coefficient (Wildman–Crippen LogP) is 7.72. The van der Waals surface area contributed by atoms with E-state index in [9.17, 15) is 4.79 Å². The molecule has 212 valence electrons. The average Bonchev–Trinajstić information content (AvgIpc) is 2.94. The number of aromatic nitrogens is 1. The molecule has 0 aliphatic heterocycles. The molecule has 5 heteroatoms. The second kappa shape index (κ2) is 20.4. The van der Waals surface area contributed by atoms with Gasteiger partial charge in [0.15, 0.2) is 17.7 Å². The van der Waals surface area contributed by atoms with Crippen LogP contribution in [0, 0.1) is 0 Å². The highest BCUT2D eigenvalue weighted by Crippen LogP contribution is 2.28. The Kier molecular flexibility index (Phi) is 17.0. The summed E-state index contributed by atoms with van der Waals surface area (Å²) in [6.07, 6.45) is 21.2. The van der Waals surface area contributed by atoms with Crippen LogP contribution in [-0.2, 0) is 24.3 Å². The van der Waals surface area contributed by atoms with Crippen molar-refractivity contribution in [1.29, 1.82) is 0 Å². The molecule has 0 spiro atoms. The Bertz CT molecular complexity index is 900. The molecule has 0 bridgehead atoms. The second-order valence-electron chi connectivity index (χ2n) is 10.4. The van der Waals surface area contributed by atoms with Crippen molar-refractivity contribution >= 4 is 5.91 Å². The molecule has 1 amide bonds. The van der Waals surface area contributed by atoms with Gasteiger partial charge in [-0.3, -0.25) is 4.79 Å². The highest BCUT2D eigenvalue weighted by Gasteiger charge is 2.12. The van der Waals surface area contributed by atoms with Gasteiger partial charge < -0.3 is 14.8 Å². The largest absolute Gasteiger partial charge is 0.493 e. The molecule has 1 N–H and O–H groups in total. The summed E-state index contributed by atoms with van der Waals surface area (Å²) in [5, 5.41) is 3.03. The number of aryl methyl sites for hydroxylation is 1. The van der Waals surface area contributed by atoms with Gasteiger partial charge in [0.25, 0.3) is 0 Å². The Morgan fingerprint density at radius 1 is 0.789 bits per heavy atom. The van der Waals surface area contributed by atoms with Gasteiger partial charge in [-0.05, 0) is 31.0 Å². The summed E-state index contributed by atoms with van der Waals surface area (Å²) >= 11 is 0. The van der Waals surface area contributed by atoms with Crippen molar-refractivity contribution in [2.45, 2.75) is 123 Å². The molecule has 0 fully saturated rings. The molecule has 5 nitrogen and oxygen atoms in total. The van der Waals surface area contributed by atoms with Gasteiger partial charge in [0, 0.05) is 12.1 Å². The van der Waals surface area contributed by atoms with E-state index in [2.05, 4.69) is 23.7 Å². The number of rotatable bonds is 22. The van der Waals surface area contributed by atoms with Gasteiger partial charge >= 0.3 is 0 Å². The fourth-order valence-electron chi connectivity index (χ4n) is 4.84. The zero-order chi connectivity index (χ0) is 27.3. The van der Waals surface area contributed by atoms with E-state index in [1.807, 2.05) is 42.6 Å². The Morgan fingerprint density at radius 3 is 2.03 bits per heavy atom. The van der Waals surface area contributed by atoms with Gasteiger partial charge in [0.05, 0.1) is 20.1 Å². The second-order valence-corrected chi connectivity index (χ2v) is 10.4. The highest BCUT2D eigenvalue weighted by atomic mass is 16.5. The summed E-state index contributed by atoms with van der Waals surface area (Å²) in [6.45, 7) is 6.47. The first-order valence-electron chi connectivity index (χ1n) is 15.2. The molecular formula is C33H53N2O3+. The number of hydrogen-bond acceptors (Lipinski definition) is 3. The van der Waals surface area contributed by atoms with Gasteiger partial charge in [0.2, 0.25) is 11.6 Å². The lowest BCUT2D eigenvalue weighted by atomic mass is 10.0. The number of unbranched alkanes of at least 4 members (excludes halogenated alkanes) is 13. The van der Waals surface area contributed by atoms with Crippen LogP contribution in [0.4, 0.5) is 0 Å². The molecule has 1 aromatic heterocycles. The molecule has 1 heterocycles. The maximum atomic E-state index is 12.5. The quantitative estimate of drug-likeness (QED) is 0.126. The molecule has 2 rings (SSSR count). The van der Waals surface area contributed by atoms with Crippen molar-refractivity contribution in [1.82, 2.24) is 5.32 Å². The molecule has 0 saturated heterocycles. The van der Waals surface area contributed by atoms with E-state index < -0.39 is 0 Å². The predicted molar refractivity (Wildman–Crippen MR) is 157 cm³/mol. The zero-order valence-corrected chi connectivity index (χ0v) is 24.4. The third-order valence-corrected chi connectivity index (χ3v) is 7.19.